The number of likely N-dealkylation sites (tertiary alicyclic amines) is 1. The molecule has 1 aromatic carbocycles. The number of halogens is 3. The summed E-state index contributed by atoms with van der Waals surface area (Å²) in [6, 6.07) is 3.84. The SMILES string of the molecule is CS(=O)(=O)C1CCN(C(=O)Nc2cccc(C(F)(F)F)c2)CC1. The molecule has 0 unspecified atom stereocenters. The van der Waals surface area contributed by atoms with E-state index in [9.17, 15) is 26.4 Å². The van der Waals surface area contributed by atoms with Crippen LogP contribution in [0.15, 0.2) is 24.3 Å². The monoisotopic (exact) mass is 350 g/mol. The van der Waals surface area contributed by atoms with Gasteiger partial charge in [-0.3, -0.25) is 0 Å². The second-order valence-corrected chi connectivity index (χ2v) is 7.85. The largest absolute Gasteiger partial charge is 0.416 e. The molecule has 0 aliphatic carbocycles. The highest BCUT2D eigenvalue weighted by molar-refractivity contribution is 7.91. The first kappa shape index (κ1) is 17.6. The summed E-state index contributed by atoms with van der Waals surface area (Å²) >= 11 is 0. The van der Waals surface area contributed by atoms with Gasteiger partial charge in [0.25, 0.3) is 0 Å². The molecule has 0 radical (unpaired) electrons. The molecular formula is C14H17F3N2O3S. The summed E-state index contributed by atoms with van der Waals surface area (Å²) in [5, 5.41) is 1.94. The Morgan fingerprint density at radius 2 is 1.87 bits per heavy atom. The molecule has 1 heterocycles. The van der Waals surface area contributed by atoms with Crippen molar-refractivity contribution in [2.75, 3.05) is 24.7 Å². The Labute approximate surface area is 132 Å². The van der Waals surface area contributed by atoms with Gasteiger partial charge in [0.05, 0.1) is 10.8 Å². The number of urea groups is 1. The smallest absolute Gasteiger partial charge is 0.324 e. The Morgan fingerprint density at radius 1 is 1.26 bits per heavy atom. The van der Waals surface area contributed by atoms with Crippen LogP contribution < -0.4 is 5.32 Å². The molecule has 1 fully saturated rings. The fraction of sp³-hybridized carbons (Fsp3) is 0.500. The maximum atomic E-state index is 12.6. The maximum absolute atomic E-state index is 12.6. The molecule has 0 aromatic heterocycles. The van der Waals surface area contributed by atoms with Gasteiger partial charge in [0.15, 0.2) is 0 Å². The van der Waals surface area contributed by atoms with Gasteiger partial charge in [0.2, 0.25) is 0 Å². The number of carbonyl (C=O) groups excluding carboxylic acids is 1. The minimum absolute atomic E-state index is 0.0510. The molecule has 1 aliphatic rings. The van der Waals surface area contributed by atoms with Crippen molar-refractivity contribution in [3.8, 4) is 0 Å². The van der Waals surface area contributed by atoms with Gasteiger partial charge in [-0.15, -0.1) is 0 Å². The molecule has 1 saturated heterocycles. The molecule has 23 heavy (non-hydrogen) atoms. The Balaban J connectivity index is 1.98. The number of piperidine rings is 1. The third kappa shape index (κ3) is 4.60. The number of nitrogens with one attached hydrogen (secondary N) is 1. The van der Waals surface area contributed by atoms with Crippen LogP contribution in [-0.4, -0.2) is 43.9 Å². The van der Waals surface area contributed by atoms with Gasteiger partial charge in [0.1, 0.15) is 9.84 Å². The third-order valence-corrected chi connectivity index (χ3v) is 5.46. The van der Waals surface area contributed by atoms with Crippen LogP contribution in [0.4, 0.5) is 23.7 Å². The number of sulfone groups is 1. The van der Waals surface area contributed by atoms with Crippen LogP contribution in [-0.2, 0) is 16.0 Å². The van der Waals surface area contributed by atoms with E-state index in [0.717, 1.165) is 18.4 Å². The Kier molecular flexibility index (Phi) is 4.88. The molecule has 2 amide bonds. The lowest BCUT2D eigenvalue weighted by Crippen LogP contribution is -2.44. The predicted molar refractivity (Wildman–Crippen MR) is 79.9 cm³/mol. The molecule has 0 saturated carbocycles. The van der Waals surface area contributed by atoms with E-state index in [4.69, 9.17) is 0 Å². The number of nitrogens with zero attached hydrogens (tertiary/aromatic N) is 1. The Morgan fingerprint density at radius 3 is 2.39 bits per heavy atom. The molecule has 0 spiro atoms. The first-order chi connectivity index (χ1) is 10.6. The molecule has 5 nitrogen and oxygen atoms in total. The average molecular weight is 350 g/mol. The highest BCUT2D eigenvalue weighted by atomic mass is 32.2. The fourth-order valence-electron chi connectivity index (χ4n) is 2.46. The number of alkyl halides is 3. The van der Waals surface area contributed by atoms with E-state index in [-0.39, 0.29) is 18.8 Å². The molecule has 0 bridgehead atoms. The minimum atomic E-state index is -4.48. The van der Waals surface area contributed by atoms with E-state index in [1.165, 1.54) is 17.0 Å². The van der Waals surface area contributed by atoms with E-state index in [0.29, 0.717) is 12.8 Å². The van der Waals surface area contributed by atoms with Crippen LogP contribution in [0.5, 0.6) is 0 Å². The number of amides is 2. The first-order valence-corrected chi connectivity index (χ1v) is 8.95. The molecular weight excluding hydrogens is 333 g/mol. The molecule has 1 aliphatic heterocycles. The fourth-order valence-corrected chi connectivity index (χ4v) is 3.53. The van der Waals surface area contributed by atoms with Crippen molar-refractivity contribution >= 4 is 21.6 Å². The van der Waals surface area contributed by atoms with E-state index < -0.39 is 32.9 Å². The number of benzene rings is 1. The number of hydrogen-bond acceptors (Lipinski definition) is 3. The lowest BCUT2D eigenvalue weighted by molar-refractivity contribution is -0.137. The van der Waals surface area contributed by atoms with Crippen molar-refractivity contribution in [1.29, 1.82) is 0 Å². The number of rotatable bonds is 2. The van der Waals surface area contributed by atoms with Crippen molar-refractivity contribution in [2.45, 2.75) is 24.3 Å². The summed E-state index contributed by atoms with van der Waals surface area (Å²) in [5.74, 6) is 0. The minimum Gasteiger partial charge on any atom is -0.324 e. The summed E-state index contributed by atoms with van der Waals surface area (Å²) in [4.78, 5) is 13.5. The Bertz CT molecular complexity index is 681. The highest BCUT2D eigenvalue weighted by Crippen LogP contribution is 2.30. The quantitative estimate of drug-likeness (QED) is 0.892. The summed E-state index contributed by atoms with van der Waals surface area (Å²) in [7, 11) is -3.14. The van der Waals surface area contributed by atoms with Crippen molar-refractivity contribution in [1.82, 2.24) is 4.90 Å². The lowest BCUT2D eigenvalue weighted by Gasteiger charge is -2.31. The van der Waals surface area contributed by atoms with Gasteiger partial charge in [-0.25, -0.2) is 13.2 Å². The maximum Gasteiger partial charge on any atom is 0.416 e. The van der Waals surface area contributed by atoms with Crippen molar-refractivity contribution in [3.63, 3.8) is 0 Å². The van der Waals surface area contributed by atoms with E-state index in [2.05, 4.69) is 5.32 Å². The second-order valence-electron chi connectivity index (χ2n) is 5.52. The van der Waals surface area contributed by atoms with Crippen LogP contribution in [0.3, 0.4) is 0 Å². The van der Waals surface area contributed by atoms with Crippen LogP contribution in [0.2, 0.25) is 0 Å². The summed E-state index contributed by atoms with van der Waals surface area (Å²) in [6.45, 7) is 0.505. The van der Waals surface area contributed by atoms with Gasteiger partial charge in [-0.2, -0.15) is 13.2 Å². The normalized spacial score (nSPS) is 17.1. The first-order valence-electron chi connectivity index (χ1n) is 6.99. The van der Waals surface area contributed by atoms with Gasteiger partial charge in [0, 0.05) is 25.0 Å². The zero-order chi connectivity index (χ0) is 17.3. The van der Waals surface area contributed by atoms with Gasteiger partial charge >= 0.3 is 12.2 Å². The van der Waals surface area contributed by atoms with Crippen molar-refractivity contribution in [3.05, 3.63) is 29.8 Å². The summed E-state index contributed by atoms with van der Waals surface area (Å²) in [5.41, 5.74) is -0.791. The van der Waals surface area contributed by atoms with Gasteiger partial charge in [-0.05, 0) is 31.0 Å². The molecule has 128 valence electrons. The average Bonchev–Trinajstić information content (AvgIpc) is 2.46. The van der Waals surface area contributed by atoms with E-state index in [1.807, 2.05) is 0 Å². The Hall–Kier alpha value is -1.77. The molecule has 1 aromatic rings. The topological polar surface area (TPSA) is 66.5 Å². The van der Waals surface area contributed by atoms with Gasteiger partial charge < -0.3 is 10.2 Å². The molecule has 1 N–H and O–H groups in total. The van der Waals surface area contributed by atoms with E-state index >= 15 is 0 Å². The second kappa shape index (κ2) is 6.38. The van der Waals surface area contributed by atoms with Crippen LogP contribution >= 0.6 is 0 Å². The predicted octanol–water partition coefficient (Wildman–Crippen LogP) is 2.75. The van der Waals surface area contributed by atoms with E-state index in [1.54, 1.807) is 0 Å². The van der Waals surface area contributed by atoms with Crippen LogP contribution in [0.1, 0.15) is 18.4 Å². The van der Waals surface area contributed by atoms with Crippen LogP contribution in [0.25, 0.3) is 0 Å². The number of carbonyl (C=O) groups is 1. The number of hydrogen-bond donors (Lipinski definition) is 1. The van der Waals surface area contributed by atoms with Crippen molar-refractivity contribution < 1.29 is 26.4 Å². The van der Waals surface area contributed by atoms with Gasteiger partial charge in [-0.1, -0.05) is 6.07 Å². The zero-order valence-electron chi connectivity index (χ0n) is 12.4. The lowest BCUT2D eigenvalue weighted by atomic mass is 10.1. The summed E-state index contributed by atoms with van der Waals surface area (Å²) < 4.78 is 60.8. The van der Waals surface area contributed by atoms with Crippen molar-refractivity contribution in [2.24, 2.45) is 0 Å². The molecule has 0 atom stereocenters. The molecule has 2 rings (SSSR count). The standard InChI is InChI=1S/C14H17F3N2O3S/c1-23(21,22)12-5-7-19(8-6-12)13(20)18-11-4-2-3-10(9-11)14(15,16)17/h2-4,9,12H,5-8H2,1H3,(H,18,20). The van der Waals surface area contributed by atoms with Crippen LogP contribution in [0, 0.1) is 0 Å². The number of anilines is 1. The third-order valence-electron chi connectivity index (χ3n) is 3.78. The highest BCUT2D eigenvalue weighted by Gasteiger charge is 2.31. The molecule has 9 heteroatoms. The summed E-state index contributed by atoms with van der Waals surface area (Å²) in [6.07, 6.45) is -2.66. The zero-order valence-corrected chi connectivity index (χ0v) is 13.2.